The van der Waals surface area contributed by atoms with E-state index in [1.165, 1.54) is 0 Å². The highest BCUT2D eigenvalue weighted by Crippen LogP contribution is 2.37. The van der Waals surface area contributed by atoms with Crippen LogP contribution in [-0.2, 0) is 4.79 Å². The molecule has 1 aromatic rings. The predicted octanol–water partition coefficient (Wildman–Crippen LogP) is 2.05. The zero-order valence-electron chi connectivity index (χ0n) is 10.8. The van der Waals surface area contributed by atoms with Gasteiger partial charge < -0.3 is 20.1 Å². The largest absolute Gasteiger partial charge is 0.486 e. The van der Waals surface area contributed by atoms with Crippen molar-refractivity contribution in [2.24, 2.45) is 0 Å². The number of carbonyl (C=O) groups excluding carboxylic acids is 1. The minimum absolute atomic E-state index is 0.0838. The van der Waals surface area contributed by atoms with Gasteiger partial charge in [0.2, 0.25) is 5.91 Å². The summed E-state index contributed by atoms with van der Waals surface area (Å²) in [6.45, 7) is 4.50. The molecule has 0 aliphatic carbocycles. The predicted molar refractivity (Wildman–Crippen MR) is 74.2 cm³/mol. The molecule has 0 bridgehead atoms. The second-order valence-electron chi connectivity index (χ2n) is 4.13. The summed E-state index contributed by atoms with van der Waals surface area (Å²) >= 11 is 6.10. The van der Waals surface area contributed by atoms with Crippen molar-refractivity contribution in [1.29, 1.82) is 0 Å². The van der Waals surface area contributed by atoms with E-state index in [1.807, 2.05) is 6.92 Å². The zero-order chi connectivity index (χ0) is 13.7. The molecule has 2 rings (SSSR count). The Morgan fingerprint density at radius 1 is 1.32 bits per heavy atom. The highest BCUT2D eigenvalue weighted by molar-refractivity contribution is 6.34. The molecule has 0 spiro atoms. The normalized spacial score (nSPS) is 13.2. The Balaban J connectivity index is 2.01. The Bertz CT molecular complexity index is 465. The molecule has 0 atom stereocenters. The third-order valence-electron chi connectivity index (χ3n) is 2.68. The number of carbonyl (C=O) groups is 1. The molecule has 5 nitrogen and oxygen atoms in total. The molecule has 6 heteroatoms. The molecule has 0 saturated carbocycles. The Labute approximate surface area is 117 Å². The lowest BCUT2D eigenvalue weighted by atomic mass is 10.2. The number of anilines is 1. The van der Waals surface area contributed by atoms with E-state index in [9.17, 15) is 4.79 Å². The number of amides is 1. The number of hydrogen-bond donors (Lipinski definition) is 2. The molecule has 0 radical (unpaired) electrons. The van der Waals surface area contributed by atoms with Crippen molar-refractivity contribution in [3.05, 3.63) is 17.2 Å². The van der Waals surface area contributed by atoms with Crippen LogP contribution >= 0.6 is 11.6 Å². The lowest BCUT2D eigenvalue weighted by Gasteiger charge is -2.20. The second kappa shape index (κ2) is 6.63. The first-order chi connectivity index (χ1) is 9.20. The van der Waals surface area contributed by atoms with Gasteiger partial charge in [-0.05, 0) is 6.54 Å². The Morgan fingerprint density at radius 3 is 2.68 bits per heavy atom. The van der Waals surface area contributed by atoms with Gasteiger partial charge in [0.05, 0.1) is 10.7 Å². The van der Waals surface area contributed by atoms with E-state index in [-0.39, 0.29) is 5.91 Å². The molecular formula is C13H17ClN2O3. The van der Waals surface area contributed by atoms with Crippen LogP contribution < -0.4 is 20.1 Å². The monoisotopic (exact) mass is 284 g/mol. The summed E-state index contributed by atoms with van der Waals surface area (Å²) in [4.78, 5) is 11.7. The van der Waals surface area contributed by atoms with E-state index in [0.29, 0.717) is 48.4 Å². The fourth-order valence-electron chi connectivity index (χ4n) is 1.75. The SMILES string of the molecule is CCNCCC(=O)Nc1cc2c(cc1Cl)OCCO2. The van der Waals surface area contributed by atoms with Crippen molar-refractivity contribution in [3.8, 4) is 11.5 Å². The Hall–Kier alpha value is -1.46. The molecule has 104 valence electrons. The average Bonchev–Trinajstić information content (AvgIpc) is 2.40. The molecule has 1 aliphatic heterocycles. The average molecular weight is 285 g/mol. The number of nitrogens with one attached hydrogen (secondary N) is 2. The molecule has 0 fully saturated rings. The highest BCUT2D eigenvalue weighted by atomic mass is 35.5. The molecule has 0 aromatic heterocycles. The van der Waals surface area contributed by atoms with Gasteiger partial charge >= 0.3 is 0 Å². The Kier molecular flexibility index (Phi) is 4.87. The van der Waals surface area contributed by atoms with E-state index in [0.717, 1.165) is 6.54 Å². The molecule has 19 heavy (non-hydrogen) atoms. The van der Waals surface area contributed by atoms with Gasteiger partial charge in [-0.3, -0.25) is 4.79 Å². The minimum Gasteiger partial charge on any atom is -0.486 e. The Morgan fingerprint density at radius 2 is 2.00 bits per heavy atom. The quantitative estimate of drug-likeness (QED) is 0.813. The maximum absolute atomic E-state index is 11.7. The molecule has 0 saturated heterocycles. The van der Waals surface area contributed by atoms with Crippen molar-refractivity contribution < 1.29 is 14.3 Å². The summed E-state index contributed by atoms with van der Waals surface area (Å²) in [5.41, 5.74) is 0.549. The molecule has 1 amide bonds. The van der Waals surface area contributed by atoms with Crippen molar-refractivity contribution in [2.45, 2.75) is 13.3 Å². The maximum Gasteiger partial charge on any atom is 0.225 e. The van der Waals surface area contributed by atoms with Crippen molar-refractivity contribution >= 4 is 23.2 Å². The van der Waals surface area contributed by atoms with E-state index < -0.39 is 0 Å². The minimum atomic E-state index is -0.0838. The van der Waals surface area contributed by atoms with Gasteiger partial charge in [0, 0.05) is 25.1 Å². The van der Waals surface area contributed by atoms with Crippen LogP contribution in [-0.4, -0.2) is 32.2 Å². The molecule has 0 unspecified atom stereocenters. The summed E-state index contributed by atoms with van der Waals surface area (Å²) in [6, 6.07) is 3.36. The van der Waals surface area contributed by atoms with Gasteiger partial charge in [-0.25, -0.2) is 0 Å². The van der Waals surface area contributed by atoms with E-state index in [2.05, 4.69) is 10.6 Å². The van der Waals surface area contributed by atoms with Gasteiger partial charge in [0.15, 0.2) is 11.5 Å². The molecule has 1 heterocycles. The highest BCUT2D eigenvalue weighted by Gasteiger charge is 2.16. The number of halogens is 1. The fraction of sp³-hybridized carbons (Fsp3) is 0.462. The number of ether oxygens (including phenoxy) is 2. The number of fused-ring (bicyclic) bond motifs is 1. The van der Waals surface area contributed by atoms with Gasteiger partial charge in [0.1, 0.15) is 13.2 Å². The first-order valence-corrected chi connectivity index (χ1v) is 6.68. The summed E-state index contributed by atoms with van der Waals surface area (Å²) in [7, 11) is 0. The van der Waals surface area contributed by atoms with Crippen LogP contribution in [0.25, 0.3) is 0 Å². The van der Waals surface area contributed by atoms with Crippen LogP contribution in [0.5, 0.6) is 11.5 Å². The molecule has 1 aliphatic rings. The third kappa shape index (κ3) is 3.75. The van der Waals surface area contributed by atoms with Crippen LogP contribution in [0, 0.1) is 0 Å². The first kappa shape index (κ1) is 14.0. The summed E-state index contributed by atoms with van der Waals surface area (Å²) in [6.07, 6.45) is 0.401. The molecule has 1 aromatic carbocycles. The van der Waals surface area contributed by atoms with Gasteiger partial charge in [-0.1, -0.05) is 18.5 Å². The van der Waals surface area contributed by atoms with E-state index in [4.69, 9.17) is 21.1 Å². The van der Waals surface area contributed by atoms with Crippen LogP contribution in [0.15, 0.2) is 12.1 Å². The van der Waals surface area contributed by atoms with Gasteiger partial charge in [0.25, 0.3) is 0 Å². The van der Waals surface area contributed by atoms with Gasteiger partial charge in [-0.15, -0.1) is 0 Å². The fourth-order valence-corrected chi connectivity index (χ4v) is 1.95. The third-order valence-corrected chi connectivity index (χ3v) is 3.00. The summed E-state index contributed by atoms with van der Waals surface area (Å²) in [5, 5.41) is 6.31. The second-order valence-corrected chi connectivity index (χ2v) is 4.53. The topological polar surface area (TPSA) is 59.6 Å². The van der Waals surface area contributed by atoms with E-state index >= 15 is 0 Å². The standard InChI is InChI=1S/C13H17ClN2O3/c1-2-15-4-3-13(17)16-10-8-12-11(7-9(10)14)18-5-6-19-12/h7-8,15H,2-6H2,1H3,(H,16,17). The zero-order valence-corrected chi connectivity index (χ0v) is 11.5. The lowest BCUT2D eigenvalue weighted by Crippen LogP contribution is -2.21. The van der Waals surface area contributed by atoms with Gasteiger partial charge in [-0.2, -0.15) is 0 Å². The molecule has 2 N–H and O–H groups in total. The van der Waals surface area contributed by atoms with Crippen LogP contribution in [0.1, 0.15) is 13.3 Å². The lowest BCUT2D eigenvalue weighted by molar-refractivity contribution is -0.116. The van der Waals surface area contributed by atoms with Crippen LogP contribution in [0.3, 0.4) is 0 Å². The summed E-state index contributed by atoms with van der Waals surface area (Å²) in [5.74, 6) is 1.14. The van der Waals surface area contributed by atoms with Crippen LogP contribution in [0.2, 0.25) is 5.02 Å². The summed E-state index contributed by atoms with van der Waals surface area (Å²) < 4.78 is 10.9. The molecular weight excluding hydrogens is 268 g/mol. The number of benzene rings is 1. The maximum atomic E-state index is 11.7. The van der Waals surface area contributed by atoms with E-state index in [1.54, 1.807) is 12.1 Å². The van der Waals surface area contributed by atoms with Crippen LogP contribution in [0.4, 0.5) is 5.69 Å². The van der Waals surface area contributed by atoms with Crippen molar-refractivity contribution in [1.82, 2.24) is 5.32 Å². The van der Waals surface area contributed by atoms with Crippen molar-refractivity contribution in [3.63, 3.8) is 0 Å². The number of rotatable bonds is 5. The number of hydrogen-bond acceptors (Lipinski definition) is 4. The first-order valence-electron chi connectivity index (χ1n) is 6.30. The van der Waals surface area contributed by atoms with Crippen molar-refractivity contribution in [2.75, 3.05) is 31.6 Å². The smallest absolute Gasteiger partial charge is 0.225 e.